The summed E-state index contributed by atoms with van der Waals surface area (Å²) in [5.41, 5.74) is 0.528. The minimum atomic E-state index is -0.388. The number of esters is 1. The number of ketones is 1. The van der Waals surface area contributed by atoms with Crippen molar-refractivity contribution in [2.24, 2.45) is 0 Å². The summed E-state index contributed by atoms with van der Waals surface area (Å²) in [7, 11) is 1.30. The van der Waals surface area contributed by atoms with Crippen molar-refractivity contribution in [2.75, 3.05) is 7.11 Å². The van der Waals surface area contributed by atoms with Crippen LogP contribution in [0.25, 0.3) is 0 Å². The predicted octanol–water partition coefficient (Wildman–Crippen LogP) is 3.24. The fraction of sp³-hybridized carbons (Fsp3) is 0.273. The quantitative estimate of drug-likeness (QED) is 0.633. The zero-order chi connectivity index (χ0) is 12.1. The fourth-order valence-corrected chi connectivity index (χ4v) is 1.63. The molecule has 0 aliphatic heterocycles. The van der Waals surface area contributed by atoms with Crippen LogP contribution in [-0.4, -0.2) is 18.9 Å². The Labute approximate surface area is 107 Å². The molecule has 0 saturated heterocycles. The van der Waals surface area contributed by atoms with Crippen LogP contribution in [0.5, 0.6) is 0 Å². The van der Waals surface area contributed by atoms with Crippen LogP contribution < -0.4 is 0 Å². The molecule has 0 radical (unpaired) electrons. The second kappa shape index (κ2) is 6.01. The van der Waals surface area contributed by atoms with Crippen molar-refractivity contribution in [3.8, 4) is 0 Å². The Morgan fingerprint density at radius 1 is 1.38 bits per heavy atom. The zero-order valence-corrected chi connectivity index (χ0v) is 11.0. The van der Waals surface area contributed by atoms with Crippen LogP contribution in [0.4, 0.5) is 0 Å². The lowest BCUT2D eigenvalue weighted by atomic mass is 10.1. The average molecular weight is 306 g/mol. The maximum Gasteiger partial charge on any atom is 0.305 e. The maximum atomic E-state index is 11.7. The second-order valence-electron chi connectivity index (χ2n) is 3.13. The Morgan fingerprint density at radius 3 is 2.62 bits per heavy atom. The zero-order valence-electron chi connectivity index (χ0n) is 8.63. The second-order valence-corrected chi connectivity index (χ2v) is 4.39. The summed E-state index contributed by atoms with van der Waals surface area (Å²) in [5.74, 6) is -0.496. The molecule has 0 atom stereocenters. The van der Waals surface area contributed by atoms with E-state index in [0.717, 1.165) is 0 Å². The molecule has 0 aliphatic carbocycles. The number of ether oxygens (including phenoxy) is 1. The summed E-state index contributed by atoms with van der Waals surface area (Å²) in [6.07, 6.45) is 0.232. The number of hydrogen-bond donors (Lipinski definition) is 0. The summed E-state index contributed by atoms with van der Waals surface area (Å²) < 4.78 is 5.12. The number of Topliss-reactive ketones (excluding diaryl/α,β-unsaturated/α-hetero) is 1. The molecule has 1 aromatic carbocycles. The Bertz CT molecular complexity index is 418. The lowest BCUT2D eigenvalue weighted by molar-refractivity contribution is -0.140. The monoisotopic (exact) mass is 304 g/mol. The molecule has 0 heterocycles. The smallest absolute Gasteiger partial charge is 0.305 e. The molecule has 0 fully saturated rings. The van der Waals surface area contributed by atoms with Crippen LogP contribution in [0.2, 0.25) is 5.02 Å². The first kappa shape index (κ1) is 13.2. The third-order valence-electron chi connectivity index (χ3n) is 2.03. The highest BCUT2D eigenvalue weighted by atomic mass is 79.9. The Morgan fingerprint density at radius 2 is 2.06 bits per heavy atom. The highest BCUT2D eigenvalue weighted by molar-refractivity contribution is 9.10. The van der Waals surface area contributed by atoms with Gasteiger partial charge in [-0.1, -0.05) is 11.6 Å². The molecule has 0 aromatic heterocycles. The fourth-order valence-electron chi connectivity index (χ4n) is 1.13. The van der Waals surface area contributed by atoms with Crippen molar-refractivity contribution in [3.05, 3.63) is 33.3 Å². The van der Waals surface area contributed by atoms with Gasteiger partial charge in [0.25, 0.3) is 0 Å². The first-order valence-corrected chi connectivity index (χ1v) is 5.76. The van der Waals surface area contributed by atoms with E-state index >= 15 is 0 Å². The van der Waals surface area contributed by atoms with Crippen molar-refractivity contribution in [2.45, 2.75) is 12.8 Å². The minimum absolute atomic E-state index is 0.0928. The molecule has 5 heteroatoms. The number of carbonyl (C=O) groups is 2. The van der Waals surface area contributed by atoms with E-state index in [9.17, 15) is 9.59 Å². The summed E-state index contributed by atoms with van der Waals surface area (Å²) >= 11 is 9.04. The van der Waals surface area contributed by atoms with Crippen LogP contribution in [0.3, 0.4) is 0 Å². The summed E-state index contributed by atoms with van der Waals surface area (Å²) in [5, 5.41) is 0.546. The maximum absolute atomic E-state index is 11.7. The third kappa shape index (κ3) is 3.61. The minimum Gasteiger partial charge on any atom is -0.469 e. The molecular weight excluding hydrogens is 295 g/mol. The number of rotatable bonds is 4. The van der Waals surface area contributed by atoms with Crippen LogP contribution in [0, 0.1) is 0 Å². The molecule has 0 unspecified atom stereocenters. The van der Waals surface area contributed by atoms with Crippen molar-refractivity contribution in [1.29, 1.82) is 0 Å². The van der Waals surface area contributed by atoms with E-state index in [-0.39, 0.29) is 24.6 Å². The van der Waals surface area contributed by atoms with Gasteiger partial charge in [-0.15, -0.1) is 0 Å². The molecule has 16 heavy (non-hydrogen) atoms. The molecule has 0 saturated carbocycles. The van der Waals surface area contributed by atoms with E-state index in [1.165, 1.54) is 7.11 Å². The van der Waals surface area contributed by atoms with Crippen molar-refractivity contribution >= 4 is 39.3 Å². The molecule has 0 spiro atoms. The van der Waals surface area contributed by atoms with Gasteiger partial charge in [0.1, 0.15) is 0 Å². The van der Waals surface area contributed by atoms with Crippen molar-refractivity contribution < 1.29 is 14.3 Å². The predicted molar refractivity (Wildman–Crippen MR) is 64.7 cm³/mol. The van der Waals surface area contributed by atoms with E-state index in [2.05, 4.69) is 20.7 Å². The molecule has 0 N–H and O–H groups in total. The van der Waals surface area contributed by atoms with Gasteiger partial charge in [-0.25, -0.2) is 0 Å². The highest BCUT2D eigenvalue weighted by Gasteiger charge is 2.10. The molecule has 0 aliphatic rings. The molecule has 86 valence electrons. The van der Waals surface area contributed by atoms with E-state index in [4.69, 9.17) is 11.6 Å². The van der Waals surface area contributed by atoms with Crippen LogP contribution >= 0.6 is 27.5 Å². The van der Waals surface area contributed by atoms with Crippen molar-refractivity contribution in [1.82, 2.24) is 0 Å². The molecule has 3 nitrogen and oxygen atoms in total. The number of hydrogen-bond acceptors (Lipinski definition) is 3. The van der Waals surface area contributed by atoms with Gasteiger partial charge >= 0.3 is 5.97 Å². The first-order chi connectivity index (χ1) is 7.54. The highest BCUT2D eigenvalue weighted by Crippen LogP contribution is 2.23. The molecule has 1 rings (SSSR count). The summed E-state index contributed by atoms with van der Waals surface area (Å²) in [4.78, 5) is 22.5. The van der Waals surface area contributed by atoms with Gasteiger partial charge in [-0.3, -0.25) is 9.59 Å². The van der Waals surface area contributed by atoms with E-state index in [1.54, 1.807) is 18.2 Å². The third-order valence-corrected chi connectivity index (χ3v) is 3.24. The number of halogens is 2. The molecular formula is C11H10BrClO3. The lowest BCUT2D eigenvalue weighted by Crippen LogP contribution is -2.05. The van der Waals surface area contributed by atoms with Crippen LogP contribution in [0.1, 0.15) is 23.2 Å². The topological polar surface area (TPSA) is 43.4 Å². The van der Waals surface area contributed by atoms with Crippen LogP contribution in [0.15, 0.2) is 22.7 Å². The number of benzene rings is 1. The number of carbonyl (C=O) groups excluding carboxylic acids is 2. The largest absolute Gasteiger partial charge is 0.469 e. The first-order valence-electron chi connectivity index (χ1n) is 4.59. The SMILES string of the molecule is COC(=O)CCC(=O)c1ccc(Cl)c(Br)c1. The molecule has 0 amide bonds. The van der Waals surface area contributed by atoms with Gasteiger partial charge in [-0.05, 0) is 34.1 Å². The van der Waals surface area contributed by atoms with Gasteiger partial charge < -0.3 is 4.74 Å². The standard InChI is InChI=1S/C11H10BrClO3/c1-16-11(15)5-4-10(14)7-2-3-9(13)8(12)6-7/h2-3,6H,4-5H2,1H3. The number of methoxy groups -OCH3 is 1. The van der Waals surface area contributed by atoms with Crippen LogP contribution in [-0.2, 0) is 9.53 Å². The lowest BCUT2D eigenvalue weighted by Gasteiger charge is -2.02. The Balaban J connectivity index is 2.66. The van der Waals surface area contributed by atoms with Crippen molar-refractivity contribution in [3.63, 3.8) is 0 Å². The molecule has 1 aromatic rings. The summed E-state index contributed by atoms with van der Waals surface area (Å²) in [6.45, 7) is 0. The Hall–Kier alpha value is -0.870. The average Bonchev–Trinajstić information content (AvgIpc) is 2.29. The van der Waals surface area contributed by atoms with Gasteiger partial charge in [-0.2, -0.15) is 0 Å². The van der Waals surface area contributed by atoms with Gasteiger partial charge in [0.15, 0.2) is 5.78 Å². The van der Waals surface area contributed by atoms with Gasteiger partial charge in [0.2, 0.25) is 0 Å². The Kier molecular flexibility index (Phi) is 4.96. The summed E-state index contributed by atoms with van der Waals surface area (Å²) in [6, 6.07) is 4.91. The van der Waals surface area contributed by atoms with Gasteiger partial charge in [0.05, 0.1) is 18.6 Å². The van der Waals surface area contributed by atoms with Gasteiger partial charge in [0, 0.05) is 16.5 Å². The normalized spacial score (nSPS) is 9.94. The van der Waals surface area contributed by atoms with E-state index < -0.39 is 0 Å². The molecule has 0 bridgehead atoms. The van der Waals surface area contributed by atoms with E-state index in [0.29, 0.717) is 15.1 Å². The van der Waals surface area contributed by atoms with E-state index in [1.807, 2.05) is 0 Å².